The van der Waals surface area contributed by atoms with Gasteiger partial charge in [0.1, 0.15) is 0 Å². The highest BCUT2D eigenvalue weighted by molar-refractivity contribution is 5.85. The minimum Gasteiger partial charge on any atom is -0.373 e. The SMILES string of the molecule is CCCCCCCCCCCCCCCN1C=CNC1.Cl. The minimum atomic E-state index is 0. The van der Waals surface area contributed by atoms with E-state index in [0.717, 1.165) is 6.67 Å². The second kappa shape index (κ2) is 16.0. The van der Waals surface area contributed by atoms with Gasteiger partial charge in [-0.3, -0.25) is 0 Å². The molecule has 0 aromatic rings. The Morgan fingerprint density at radius 3 is 1.67 bits per heavy atom. The molecule has 0 saturated carbocycles. The van der Waals surface area contributed by atoms with Crippen molar-refractivity contribution in [3.63, 3.8) is 0 Å². The standard InChI is InChI=1S/C18H36N2.ClH/c1-2-3-4-5-6-7-8-9-10-11-12-13-14-16-20-17-15-19-18-20;/h15,17,19H,2-14,16,18H2,1H3;1H. The molecule has 0 radical (unpaired) electrons. The third kappa shape index (κ3) is 13.0. The van der Waals surface area contributed by atoms with E-state index in [1.165, 1.54) is 90.0 Å². The van der Waals surface area contributed by atoms with Gasteiger partial charge in [-0.15, -0.1) is 12.4 Å². The molecule has 1 rings (SSSR count). The first kappa shape index (κ1) is 20.6. The molecule has 2 nitrogen and oxygen atoms in total. The summed E-state index contributed by atoms with van der Waals surface area (Å²) in [4.78, 5) is 2.36. The molecule has 0 bridgehead atoms. The summed E-state index contributed by atoms with van der Waals surface area (Å²) in [6.07, 6.45) is 22.9. The van der Waals surface area contributed by atoms with Crippen molar-refractivity contribution in [3.8, 4) is 0 Å². The molecule has 0 amide bonds. The van der Waals surface area contributed by atoms with Gasteiger partial charge in [-0.2, -0.15) is 0 Å². The number of rotatable bonds is 14. The lowest BCUT2D eigenvalue weighted by atomic mass is 10.0. The Hall–Kier alpha value is -0.370. The van der Waals surface area contributed by atoms with E-state index < -0.39 is 0 Å². The van der Waals surface area contributed by atoms with Crippen molar-refractivity contribution in [1.82, 2.24) is 10.2 Å². The smallest absolute Gasteiger partial charge is 0.0867 e. The average molecular weight is 317 g/mol. The third-order valence-corrected chi connectivity index (χ3v) is 4.25. The lowest BCUT2D eigenvalue weighted by Gasteiger charge is -2.13. The zero-order valence-corrected chi connectivity index (χ0v) is 14.9. The van der Waals surface area contributed by atoms with Gasteiger partial charge in [0.05, 0.1) is 6.67 Å². The van der Waals surface area contributed by atoms with Crippen molar-refractivity contribution in [2.45, 2.75) is 90.4 Å². The Bertz CT molecular complexity index is 231. The second-order valence-electron chi connectivity index (χ2n) is 6.23. The minimum absolute atomic E-state index is 0. The fourth-order valence-corrected chi connectivity index (χ4v) is 2.87. The highest BCUT2D eigenvalue weighted by atomic mass is 35.5. The summed E-state index contributed by atoms with van der Waals surface area (Å²) in [7, 11) is 0. The number of halogens is 1. The fraction of sp³-hybridized carbons (Fsp3) is 0.889. The fourth-order valence-electron chi connectivity index (χ4n) is 2.87. The van der Waals surface area contributed by atoms with Gasteiger partial charge in [-0.05, 0) is 6.42 Å². The van der Waals surface area contributed by atoms with Gasteiger partial charge in [0.2, 0.25) is 0 Å². The van der Waals surface area contributed by atoms with E-state index in [4.69, 9.17) is 0 Å². The van der Waals surface area contributed by atoms with E-state index in [2.05, 4.69) is 23.3 Å². The van der Waals surface area contributed by atoms with Crippen molar-refractivity contribution in [1.29, 1.82) is 0 Å². The summed E-state index contributed by atoms with van der Waals surface area (Å²) in [5, 5.41) is 3.21. The monoisotopic (exact) mass is 316 g/mol. The molecule has 0 aliphatic carbocycles. The van der Waals surface area contributed by atoms with Crippen LogP contribution in [0.5, 0.6) is 0 Å². The van der Waals surface area contributed by atoms with E-state index >= 15 is 0 Å². The normalized spacial score (nSPS) is 13.3. The van der Waals surface area contributed by atoms with Crippen molar-refractivity contribution in [3.05, 3.63) is 12.4 Å². The molecule has 3 heteroatoms. The molecule has 0 aromatic heterocycles. The molecule has 126 valence electrons. The van der Waals surface area contributed by atoms with Crippen LogP contribution in [0.3, 0.4) is 0 Å². The van der Waals surface area contributed by atoms with E-state index in [1.807, 2.05) is 6.20 Å². The van der Waals surface area contributed by atoms with E-state index in [0.29, 0.717) is 0 Å². The summed E-state index contributed by atoms with van der Waals surface area (Å²) >= 11 is 0. The zero-order valence-electron chi connectivity index (χ0n) is 14.1. The van der Waals surface area contributed by atoms with E-state index in [9.17, 15) is 0 Å². The number of nitrogens with zero attached hydrogens (tertiary/aromatic N) is 1. The molecule has 0 aromatic carbocycles. The van der Waals surface area contributed by atoms with Gasteiger partial charge in [0.15, 0.2) is 0 Å². The average Bonchev–Trinajstić information content (AvgIpc) is 2.97. The van der Waals surface area contributed by atoms with Crippen LogP contribution >= 0.6 is 12.4 Å². The van der Waals surface area contributed by atoms with Gasteiger partial charge in [0.25, 0.3) is 0 Å². The molecule has 1 N–H and O–H groups in total. The van der Waals surface area contributed by atoms with Crippen LogP contribution in [0.25, 0.3) is 0 Å². The molecular formula is C18H37ClN2. The van der Waals surface area contributed by atoms with Crippen molar-refractivity contribution in [2.24, 2.45) is 0 Å². The maximum atomic E-state index is 3.21. The van der Waals surface area contributed by atoms with Crippen LogP contribution < -0.4 is 5.32 Å². The molecule has 0 unspecified atom stereocenters. The number of hydrogen-bond acceptors (Lipinski definition) is 2. The Kier molecular flexibility index (Phi) is 15.7. The van der Waals surface area contributed by atoms with Crippen molar-refractivity contribution in [2.75, 3.05) is 13.2 Å². The molecule has 0 atom stereocenters. The molecule has 1 heterocycles. The van der Waals surface area contributed by atoms with Crippen LogP contribution in [0.1, 0.15) is 90.4 Å². The third-order valence-electron chi connectivity index (χ3n) is 4.25. The number of nitrogens with one attached hydrogen (secondary N) is 1. The predicted octanol–water partition coefficient (Wildman–Crippen LogP) is 5.83. The molecule has 1 aliphatic rings. The van der Waals surface area contributed by atoms with Crippen LogP contribution in [-0.2, 0) is 0 Å². The lowest BCUT2D eigenvalue weighted by molar-refractivity contribution is 0.375. The largest absolute Gasteiger partial charge is 0.373 e. The van der Waals surface area contributed by atoms with Gasteiger partial charge in [-0.1, -0.05) is 84.0 Å². The lowest BCUT2D eigenvalue weighted by Crippen LogP contribution is -2.21. The van der Waals surface area contributed by atoms with Crippen LogP contribution in [-0.4, -0.2) is 18.1 Å². The summed E-state index contributed by atoms with van der Waals surface area (Å²) in [5.41, 5.74) is 0. The summed E-state index contributed by atoms with van der Waals surface area (Å²) in [6, 6.07) is 0. The van der Waals surface area contributed by atoms with Crippen LogP contribution in [0.2, 0.25) is 0 Å². The number of hydrogen-bond donors (Lipinski definition) is 1. The molecule has 0 saturated heterocycles. The van der Waals surface area contributed by atoms with Gasteiger partial charge >= 0.3 is 0 Å². The highest BCUT2D eigenvalue weighted by Crippen LogP contribution is 2.12. The van der Waals surface area contributed by atoms with Crippen LogP contribution in [0.15, 0.2) is 12.4 Å². The maximum absolute atomic E-state index is 3.21. The summed E-state index contributed by atoms with van der Waals surface area (Å²) in [5.74, 6) is 0. The zero-order chi connectivity index (χ0) is 14.3. The van der Waals surface area contributed by atoms with E-state index in [1.54, 1.807) is 0 Å². The Balaban J connectivity index is 0.00000400. The van der Waals surface area contributed by atoms with Crippen molar-refractivity contribution < 1.29 is 0 Å². The molecular weight excluding hydrogens is 280 g/mol. The molecule has 0 spiro atoms. The topological polar surface area (TPSA) is 15.3 Å². The van der Waals surface area contributed by atoms with Crippen molar-refractivity contribution >= 4 is 12.4 Å². The maximum Gasteiger partial charge on any atom is 0.0867 e. The first-order valence-electron chi connectivity index (χ1n) is 9.07. The highest BCUT2D eigenvalue weighted by Gasteiger charge is 2.01. The Morgan fingerprint density at radius 2 is 1.24 bits per heavy atom. The summed E-state index contributed by atoms with van der Waals surface area (Å²) < 4.78 is 0. The molecule has 21 heavy (non-hydrogen) atoms. The second-order valence-corrected chi connectivity index (χ2v) is 6.23. The molecule has 1 aliphatic heterocycles. The van der Waals surface area contributed by atoms with Gasteiger partial charge in [0, 0.05) is 18.9 Å². The van der Waals surface area contributed by atoms with Crippen LogP contribution in [0.4, 0.5) is 0 Å². The predicted molar refractivity (Wildman–Crippen MR) is 96.8 cm³/mol. The van der Waals surface area contributed by atoms with Crippen LogP contribution in [0, 0.1) is 0 Å². The van der Waals surface area contributed by atoms with Gasteiger partial charge in [-0.25, -0.2) is 0 Å². The molecule has 0 fully saturated rings. The van der Waals surface area contributed by atoms with Gasteiger partial charge < -0.3 is 10.2 Å². The first-order valence-corrected chi connectivity index (χ1v) is 9.07. The van der Waals surface area contributed by atoms with E-state index in [-0.39, 0.29) is 12.4 Å². The first-order chi connectivity index (χ1) is 9.93. The Labute approximate surface area is 139 Å². The number of unbranched alkanes of at least 4 members (excludes halogenated alkanes) is 12. The Morgan fingerprint density at radius 1 is 0.762 bits per heavy atom. The quantitative estimate of drug-likeness (QED) is 0.405. The summed E-state index contributed by atoms with van der Waals surface area (Å²) in [6.45, 7) is 4.53.